The number of ether oxygens (including phenoxy) is 2. The fourth-order valence-corrected chi connectivity index (χ4v) is 4.43. The summed E-state index contributed by atoms with van der Waals surface area (Å²) in [6.45, 7) is 8.60. The second kappa shape index (κ2) is 12.7. The van der Waals surface area contributed by atoms with Gasteiger partial charge in [-0.1, -0.05) is 37.3 Å². The second-order valence-electron chi connectivity index (χ2n) is 7.31. The molecule has 7 heteroatoms. The van der Waals surface area contributed by atoms with Crippen LogP contribution in [0.5, 0.6) is 0 Å². The molecule has 2 N–H and O–H groups in total. The van der Waals surface area contributed by atoms with E-state index in [0.717, 1.165) is 51.8 Å². The van der Waals surface area contributed by atoms with E-state index in [1.807, 2.05) is 18.4 Å². The smallest absolute Gasteiger partial charge is 0.191 e. The lowest BCUT2D eigenvalue weighted by Crippen LogP contribution is -2.46. The van der Waals surface area contributed by atoms with Crippen LogP contribution in [0.4, 0.5) is 0 Å². The molecule has 30 heavy (non-hydrogen) atoms. The van der Waals surface area contributed by atoms with Gasteiger partial charge in [0.15, 0.2) is 5.96 Å². The summed E-state index contributed by atoms with van der Waals surface area (Å²) in [7, 11) is 1.82. The molecule has 0 amide bonds. The van der Waals surface area contributed by atoms with Crippen LogP contribution in [0.15, 0.2) is 46.8 Å². The number of morpholine rings is 1. The summed E-state index contributed by atoms with van der Waals surface area (Å²) in [4.78, 5) is 8.30. The Kier molecular flexibility index (Phi) is 9.63. The Bertz CT molecular complexity index is 760. The second-order valence-corrected chi connectivity index (χ2v) is 8.29. The zero-order valence-electron chi connectivity index (χ0n) is 18.1. The molecular formula is C23H34N4O2S. The largest absolute Gasteiger partial charge is 0.379 e. The van der Waals surface area contributed by atoms with Gasteiger partial charge in [0, 0.05) is 44.7 Å². The highest BCUT2D eigenvalue weighted by Crippen LogP contribution is 2.25. The first-order valence-electron chi connectivity index (χ1n) is 10.8. The lowest BCUT2D eigenvalue weighted by Gasteiger charge is -2.34. The molecule has 0 spiro atoms. The first kappa shape index (κ1) is 22.7. The quantitative estimate of drug-likeness (QED) is 0.344. The van der Waals surface area contributed by atoms with Gasteiger partial charge in [0.25, 0.3) is 0 Å². The van der Waals surface area contributed by atoms with Gasteiger partial charge in [-0.2, -0.15) is 0 Å². The zero-order valence-corrected chi connectivity index (χ0v) is 18.9. The van der Waals surface area contributed by atoms with Crippen molar-refractivity contribution in [1.29, 1.82) is 0 Å². The molecule has 0 saturated carbocycles. The van der Waals surface area contributed by atoms with Crippen molar-refractivity contribution in [2.45, 2.75) is 32.5 Å². The van der Waals surface area contributed by atoms with Gasteiger partial charge in [0.2, 0.25) is 0 Å². The van der Waals surface area contributed by atoms with Crippen LogP contribution >= 0.6 is 11.3 Å². The summed E-state index contributed by atoms with van der Waals surface area (Å²) in [6, 6.07) is 13.1. The average Bonchev–Trinajstić information content (AvgIpc) is 3.32. The van der Waals surface area contributed by atoms with Crippen molar-refractivity contribution in [3.05, 3.63) is 57.8 Å². The first-order valence-corrected chi connectivity index (χ1v) is 11.6. The van der Waals surface area contributed by atoms with Crippen molar-refractivity contribution in [2.24, 2.45) is 4.99 Å². The highest BCUT2D eigenvalue weighted by Gasteiger charge is 2.23. The fraction of sp³-hybridized carbons (Fsp3) is 0.522. The van der Waals surface area contributed by atoms with E-state index in [1.54, 1.807) is 0 Å². The summed E-state index contributed by atoms with van der Waals surface area (Å²) in [6.07, 6.45) is 1.03. The number of thiophene rings is 1. The van der Waals surface area contributed by atoms with E-state index in [4.69, 9.17) is 9.47 Å². The number of aliphatic imine (C=N–C) groups is 1. The molecule has 1 saturated heterocycles. The van der Waals surface area contributed by atoms with Crippen LogP contribution in [0.3, 0.4) is 0 Å². The minimum atomic E-state index is 0.321. The molecule has 2 aromatic rings. The molecule has 1 fully saturated rings. The highest BCUT2D eigenvalue weighted by molar-refractivity contribution is 7.10. The summed E-state index contributed by atoms with van der Waals surface area (Å²) < 4.78 is 11.3. The number of rotatable bonds is 10. The molecule has 164 valence electrons. The third kappa shape index (κ3) is 6.80. The number of benzene rings is 1. The Morgan fingerprint density at radius 1 is 1.17 bits per heavy atom. The maximum absolute atomic E-state index is 5.74. The lowest BCUT2D eigenvalue weighted by molar-refractivity contribution is 0.0177. The lowest BCUT2D eigenvalue weighted by atomic mass is 10.1. The van der Waals surface area contributed by atoms with Gasteiger partial charge in [-0.25, -0.2) is 0 Å². The standard InChI is InChI=1S/C23H34N4O2S/c1-3-12-29-18-20-8-5-4-7-19(20)16-25-23(24-2)26-17-21(22-9-6-15-30-22)27-10-13-28-14-11-27/h4-9,15,21H,3,10-14,16-18H2,1-2H3,(H2,24,25,26). The van der Waals surface area contributed by atoms with E-state index in [9.17, 15) is 0 Å². The van der Waals surface area contributed by atoms with Crippen molar-refractivity contribution in [3.63, 3.8) is 0 Å². The maximum Gasteiger partial charge on any atom is 0.191 e. The summed E-state index contributed by atoms with van der Waals surface area (Å²) in [5, 5.41) is 9.14. The molecule has 1 aromatic heterocycles. The topological polar surface area (TPSA) is 58.1 Å². The molecule has 6 nitrogen and oxygen atoms in total. The van der Waals surface area contributed by atoms with Crippen molar-refractivity contribution in [3.8, 4) is 0 Å². The van der Waals surface area contributed by atoms with Gasteiger partial charge < -0.3 is 20.1 Å². The Labute approximate surface area is 184 Å². The van der Waals surface area contributed by atoms with Crippen LogP contribution in [0.25, 0.3) is 0 Å². The van der Waals surface area contributed by atoms with E-state index >= 15 is 0 Å². The van der Waals surface area contributed by atoms with Crippen molar-refractivity contribution >= 4 is 17.3 Å². The van der Waals surface area contributed by atoms with Crippen molar-refractivity contribution in [2.75, 3.05) is 46.5 Å². The Morgan fingerprint density at radius 3 is 2.67 bits per heavy atom. The number of nitrogens with zero attached hydrogens (tertiary/aromatic N) is 2. The number of nitrogens with one attached hydrogen (secondary N) is 2. The van der Waals surface area contributed by atoms with Crippen molar-refractivity contribution in [1.82, 2.24) is 15.5 Å². The van der Waals surface area contributed by atoms with E-state index < -0.39 is 0 Å². The monoisotopic (exact) mass is 430 g/mol. The summed E-state index contributed by atoms with van der Waals surface area (Å²) in [5.41, 5.74) is 2.46. The molecule has 1 atom stereocenters. The predicted octanol–water partition coefficient (Wildman–Crippen LogP) is 3.41. The average molecular weight is 431 g/mol. The van der Waals surface area contributed by atoms with E-state index in [1.165, 1.54) is 16.0 Å². The van der Waals surface area contributed by atoms with Gasteiger partial charge in [-0.3, -0.25) is 9.89 Å². The van der Waals surface area contributed by atoms with Gasteiger partial charge in [-0.15, -0.1) is 11.3 Å². The third-order valence-electron chi connectivity index (χ3n) is 5.22. The third-order valence-corrected chi connectivity index (χ3v) is 6.19. The van der Waals surface area contributed by atoms with Crippen LogP contribution < -0.4 is 10.6 Å². The fourth-order valence-electron chi connectivity index (χ4n) is 3.57. The Balaban J connectivity index is 1.56. The SMILES string of the molecule is CCCOCc1ccccc1CNC(=NC)NCC(c1cccs1)N1CCOCC1. The Hall–Kier alpha value is -1.93. The van der Waals surface area contributed by atoms with E-state index in [0.29, 0.717) is 19.2 Å². The molecule has 0 radical (unpaired) electrons. The van der Waals surface area contributed by atoms with Crippen LogP contribution in [0.1, 0.15) is 35.4 Å². The van der Waals surface area contributed by atoms with Crippen molar-refractivity contribution < 1.29 is 9.47 Å². The number of guanidine groups is 1. The minimum Gasteiger partial charge on any atom is -0.379 e. The van der Waals surface area contributed by atoms with E-state index in [2.05, 4.69) is 69.2 Å². The molecule has 2 heterocycles. The van der Waals surface area contributed by atoms with Crippen LogP contribution in [0.2, 0.25) is 0 Å². The van der Waals surface area contributed by atoms with Gasteiger partial charge in [-0.05, 0) is 29.0 Å². The summed E-state index contributed by atoms with van der Waals surface area (Å²) in [5.74, 6) is 0.814. The van der Waals surface area contributed by atoms with Crippen LogP contribution in [-0.4, -0.2) is 57.4 Å². The molecule has 0 aliphatic carbocycles. The van der Waals surface area contributed by atoms with Crippen LogP contribution in [-0.2, 0) is 22.6 Å². The normalized spacial score (nSPS) is 16.4. The van der Waals surface area contributed by atoms with Crippen LogP contribution in [0, 0.1) is 0 Å². The molecule has 1 aliphatic rings. The molecule has 3 rings (SSSR count). The highest BCUT2D eigenvalue weighted by atomic mass is 32.1. The molecular weight excluding hydrogens is 396 g/mol. The molecule has 0 bridgehead atoms. The van der Waals surface area contributed by atoms with Gasteiger partial charge in [0.05, 0.1) is 25.9 Å². The number of hydrogen-bond acceptors (Lipinski definition) is 5. The minimum absolute atomic E-state index is 0.321. The molecule has 1 aromatic carbocycles. The first-order chi connectivity index (χ1) is 14.8. The zero-order chi connectivity index (χ0) is 21.0. The molecule has 1 unspecified atom stereocenters. The Morgan fingerprint density at radius 2 is 1.97 bits per heavy atom. The van der Waals surface area contributed by atoms with Gasteiger partial charge in [0.1, 0.15) is 0 Å². The maximum atomic E-state index is 5.74. The van der Waals surface area contributed by atoms with E-state index in [-0.39, 0.29) is 0 Å². The molecule has 1 aliphatic heterocycles. The van der Waals surface area contributed by atoms with Gasteiger partial charge >= 0.3 is 0 Å². The summed E-state index contributed by atoms with van der Waals surface area (Å²) >= 11 is 1.81. The predicted molar refractivity (Wildman–Crippen MR) is 124 cm³/mol. The number of hydrogen-bond donors (Lipinski definition) is 2.